The Labute approximate surface area is 248 Å². The van der Waals surface area contributed by atoms with Crippen LogP contribution in [-0.2, 0) is 22.7 Å². The van der Waals surface area contributed by atoms with Gasteiger partial charge in [0, 0.05) is 37.8 Å². The van der Waals surface area contributed by atoms with Crippen LogP contribution in [0, 0.1) is 0 Å². The van der Waals surface area contributed by atoms with Gasteiger partial charge in [-0.15, -0.1) is 0 Å². The molecule has 0 bridgehead atoms. The normalized spacial score (nSPS) is 10.9. The van der Waals surface area contributed by atoms with E-state index in [1.165, 1.54) is 0 Å². The maximum Gasteiger partial charge on any atom is 0.221 e. The zero-order valence-corrected chi connectivity index (χ0v) is 23.7. The van der Waals surface area contributed by atoms with Crippen LogP contribution in [0.25, 0.3) is 0 Å². The summed E-state index contributed by atoms with van der Waals surface area (Å²) < 4.78 is 0. The fourth-order valence-electron chi connectivity index (χ4n) is 5.29. The summed E-state index contributed by atoms with van der Waals surface area (Å²) in [6, 6.07) is 48.7. The second kappa shape index (κ2) is 14.6. The fraction of sp³-hybridized carbons (Fsp3) is 0.158. The summed E-state index contributed by atoms with van der Waals surface area (Å²) in [7, 11) is 0. The van der Waals surface area contributed by atoms with Crippen molar-refractivity contribution in [2.75, 3.05) is 0 Å². The Bertz CT molecular complexity index is 1340. The molecule has 2 amide bonds. The van der Waals surface area contributed by atoms with Crippen molar-refractivity contribution in [1.82, 2.24) is 10.6 Å². The number of hydrogen-bond donors (Lipinski definition) is 2. The molecule has 0 spiro atoms. The minimum atomic E-state index is 0.00164. The third-order valence-corrected chi connectivity index (χ3v) is 7.59. The maximum absolute atomic E-state index is 13.0. The average Bonchev–Trinajstić information content (AvgIpc) is 3.06. The maximum atomic E-state index is 13.0. The molecule has 0 radical (unpaired) electrons. The molecular weight excluding hydrogens is 516 g/mol. The van der Waals surface area contributed by atoms with E-state index in [2.05, 4.69) is 59.2 Å². The van der Waals surface area contributed by atoms with Gasteiger partial charge in [0.1, 0.15) is 0 Å². The zero-order valence-electron chi connectivity index (χ0n) is 23.7. The molecule has 42 heavy (non-hydrogen) atoms. The summed E-state index contributed by atoms with van der Waals surface area (Å²) in [6.07, 6.45) is 0.760. The molecule has 210 valence electrons. The molecule has 0 aliphatic rings. The van der Waals surface area contributed by atoms with Crippen molar-refractivity contribution in [3.05, 3.63) is 179 Å². The van der Waals surface area contributed by atoms with Crippen LogP contribution in [0.15, 0.2) is 146 Å². The molecule has 5 aromatic carbocycles. The van der Waals surface area contributed by atoms with Crippen LogP contribution in [0.1, 0.15) is 58.1 Å². The van der Waals surface area contributed by atoms with Gasteiger partial charge in [0.15, 0.2) is 0 Å². The number of carbonyl (C=O) groups excluding carboxylic acids is 2. The lowest BCUT2D eigenvalue weighted by molar-refractivity contribution is -0.122. The van der Waals surface area contributed by atoms with E-state index < -0.39 is 0 Å². The minimum Gasteiger partial charge on any atom is -0.352 e. The van der Waals surface area contributed by atoms with E-state index in [-0.39, 0.29) is 23.7 Å². The van der Waals surface area contributed by atoms with Gasteiger partial charge in [-0.3, -0.25) is 9.59 Å². The van der Waals surface area contributed by atoms with Gasteiger partial charge in [-0.25, -0.2) is 0 Å². The molecule has 2 N–H and O–H groups in total. The number of benzene rings is 5. The van der Waals surface area contributed by atoms with Gasteiger partial charge in [-0.2, -0.15) is 0 Å². The van der Waals surface area contributed by atoms with Gasteiger partial charge < -0.3 is 10.6 Å². The van der Waals surface area contributed by atoms with Crippen LogP contribution >= 0.6 is 0 Å². The fourth-order valence-corrected chi connectivity index (χ4v) is 5.29. The first kappa shape index (κ1) is 28.6. The molecule has 0 saturated heterocycles. The van der Waals surface area contributed by atoms with E-state index in [4.69, 9.17) is 0 Å². The first-order chi connectivity index (χ1) is 20.7. The molecule has 0 heterocycles. The Kier molecular flexibility index (Phi) is 9.93. The molecule has 5 aromatic rings. The number of hydrogen-bond acceptors (Lipinski definition) is 2. The second-order valence-electron chi connectivity index (χ2n) is 10.5. The van der Waals surface area contributed by atoms with E-state index in [0.717, 1.165) is 33.4 Å². The van der Waals surface area contributed by atoms with Gasteiger partial charge in [0.05, 0.1) is 0 Å². The van der Waals surface area contributed by atoms with Gasteiger partial charge in [-0.1, -0.05) is 146 Å². The molecule has 0 saturated carbocycles. The van der Waals surface area contributed by atoms with E-state index in [1.54, 1.807) is 0 Å². The molecule has 0 fully saturated rings. The Morgan fingerprint density at radius 1 is 0.405 bits per heavy atom. The van der Waals surface area contributed by atoms with Crippen molar-refractivity contribution >= 4 is 11.8 Å². The first-order valence-corrected chi connectivity index (χ1v) is 14.5. The Morgan fingerprint density at radius 3 is 0.929 bits per heavy atom. The Balaban J connectivity index is 1.13. The Hall–Kier alpha value is -4.96. The third-order valence-electron chi connectivity index (χ3n) is 7.59. The van der Waals surface area contributed by atoms with Crippen molar-refractivity contribution in [1.29, 1.82) is 0 Å². The highest BCUT2D eigenvalue weighted by Crippen LogP contribution is 2.29. The molecule has 0 aliphatic heterocycles. The standard InChI is InChI=1S/C38H36N2O2/c41-37(25-35(31-13-5-1-6-14-31)32-15-7-2-8-16-32)39-27-29-21-23-30(24-22-29)28-40-38(42)26-36(33-17-9-3-10-18-33)34-19-11-4-12-20-34/h1-24,35-36H,25-28H2,(H,39,41)(H,40,42). The zero-order chi connectivity index (χ0) is 29.0. The van der Waals surface area contributed by atoms with Crippen molar-refractivity contribution in [2.45, 2.75) is 37.8 Å². The average molecular weight is 553 g/mol. The molecule has 0 aliphatic carbocycles. The summed E-state index contributed by atoms with van der Waals surface area (Å²) in [5.74, 6) is 0.0226. The van der Waals surface area contributed by atoms with Gasteiger partial charge in [-0.05, 0) is 33.4 Å². The lowest BCUT2D eigenvalue weighted by atomic mass is 9.88. The second-order valence-corrected chi connectivity index (χ2v) is 10.5. The van der Waals surface area contributed by atoms with Crippen molar-refractivity contribution < 1.29 is 9.59 Å². The lowest BCUT2D eigenvalue weighted by Gasteiger charge is -2.18. The van der Waals surface area contributed by atoms with Crippen molar-refractivity contribution in [3.8, 4) is 0 Å². The third kappa shape index (κ3) is 8.05. The largest absolute Gasteiger partial charge is 0.352 e. The minimum absolute atomic E-state index is 0.00164. The number of amides is 2. The molecule has 0 aromatic heterocycles. The van der Waals surface area contributed by atoms with Crippen LogP contribution in [-0.4, -0.2) is 11.8 Å². The topological polar surface area (TPSA) is 58.2 Å². The van der Waals surface area contributed by atoms with Crippen molar-refractivity contribution in [3.63, 3.8) is 0 Å². The predicted octanol–water partition coefficient (Wildman–Crippen LogP) is 7.36. The summed E-state index contributed by atoms with van der Waals surface area (Å²) in [6.45, 7) is 0.912. The van der Waals surface area contributed by atoms with Gasteiger partial charge in [0.2, 0.25) is 11.8 Å². The van der Waals surface area contributed by atoms with E-state index in [1.807, 2.05) is 97.1 Å². The number of nitrogens with one attached hydrogen (secondary N) is 2. The highest BCUT2D eigenvalue weighted by atomic mass is 16.2. The highest BCUT2D eigenvalue weighted by molar-refractivity contribution is 5.78. The monoisotopic (exact) mass is 552 g/mol. The van der Waals surface area contributed by atoms with E-state index in [9.17, 15) is 9.59 Å². The summed E-state index contributed by atoms with van der Waals surface area (Å²) in [5, 5.41) is 6.17. The molecule has 0 atom stereocenters. The Morgan fingerprint density at radius 2 is 0.667 bits per heavy atom. The van der Waals surface area contributed by atoms with Crippen LogP contribution in [0.4, 0.5) is 0 Å². The SMILES string of the molecule is O=C(CC(c1ccccc1)c1ccccc1)NCc1ccc(CNC(=O)CC(c2ccccc2)c2ccccc2)cc1. The summed E-state index contributed by atoms with van der Waals surface area (Å²) in [5.41, 5.74) is 6.55. The van der Waals surface area contributed by atoms with E-state index >= 15 is 0 Å². The molecule has 4 heteroatoms. The van der Waals surface area contributed by atoms with Crippen LogP contribution in [0.3, 0.4) is 0 Å². The van der Waals surface area contributed by atoms with Crippen LogP contribution in [0.5, 0.6) is 0 Å². The summed E-state index contributed by atoms with van der Waals surface area (Å²) >= 11 is 0. The lowest BCUT2D eigenvalue weighted by Crippen LogP contribution is -2.25. The quantitative estimate of drug-likeness (QED) is 0.170. The molecule has 0 unspecified atom stereocenters. The van der Waals surface area contributed by atoms with Crippen LogP contribution in [0.2, 0.25) is 0 Å². The highest BCUT2D eigenvalue weighted by Gasteiger charge is 2.19. The van der Waals surface area contributed by atoms with E-state index in [0.29, 0.717) is 25.9 Å². The molecule has 4 nitrogen and oxygen atoms in total. The summed E-state index contributed by atoms with van der Waals surface area (Å²) in [4.78, 5) is 25.9. The number of carbonyl (C=O) groups is 2. The van der Waals surface area contributed by atoms with Crippen LogP contribution < -0.4 is 10.6 Å². The van der Waals surface area contributed by atoms with Gasteiger partial charge >= 0.3 is 0 Å². The number of rotatable bonds is 12. The predicted molar refractivity (Wildman–Crippen MR) is 169 cm³/mol. The van der Waals surface area contributed by atoms with Gasteiger partial charge in [0.25, 0.3) is 0 Å². The first-order valence-electron chi connectivity index (χ1n) is 14.5. The van der Waals surface area contributed by atoms with Crippen molar-refractivity contribution in [2.24, 2.45) is 0 Å². The smallest absolute Gasteiger partial charge is 0.221 e. The molecule has 5 rings (SSSR count). The molecular formula is C38H36N2O2.